The predicted molar refractivity (Wildman–Crippen MR) is 130 cm³/mol. The fourth-order valence-corrected chi connectivity index (χ4v) is 4.89. The van der Waals surface area contributed by atoms with Crippen LogP contribution in [0.25, 0.3) is 27.5 Å². The Labute approximate surface area is 201 Å². The van der Waals surface area contributed by atoms with E-state index in [1.807, 2.05) is 24.5 Å². The lowest BCUT2D eigenvalue weighted by molar-refractivity contribution is -0.137. The van der Waals surface area contributed by atoms with E-state index in [-0.39, 0.29) is 29.5 Å². The van der Waals surface area contributed by atoms with Crippen molar-refractivity contribution in [3.8, 4) is 11.4 Å². The highest BCUT2D eigenvalue weighted by Gasteiger charge is 2.30. The summed E-state index contributed by atoms with van der Waals surface area (Å²) in [6.45, 7) is 4.41. The van der Waals surface area contributed by atoms with Gasteiger partial charge in [0, 0.05) is 48.4 Å². The molecule has 2 N–H and O–H groups in total. The molecule has 2 heterocycles. The molecule has 0 unspecified atom stereocenters. The topological polar surface area (TPSA) is 89.4 Å². The van der Waals surface area contributed by atoms with E-state index >= 15 is 4.39 Å². The minimum atomic E-state index is -0.915. The Bertz CT molecular complexity index is 1380. The number of methoxy groups -OCH3 is 2. The Morgan fingerprint density at radius 1 is 1.20 bits per heavy atom. The summed E-state index contributed by atoms with van der Waals surface area (Å²) >= 11 is 0. The van der Waals surface area contributed by atoms with Crippen LogP contribution in [0.15, 0.2) is 30.5 Å². The third kappa shape index (κ3) is 4.48. The smallest absolute Gasteiger partial charge is 0.303 e. The van der Waals surface area contributed by atoms with Crippen molar-refractivity contribution in [2.45, 2.75) is 44.9 Å². The van der Waals surface area contributed by atoms with Crippen molar-refractivity contribution in [3.63, 3.8) is 0 Å². The number of carbonyl (C=O) groups is 1. The van der Waals surface area contributed by atoms with Gasteiger partial charge in [0.15, 0.2) is 17.4 Å². The summed E-state index contributed by atoms with van der Waals surface area (Å²) in [5.41, 5.74) is 3.08. The minimum absolute atomic E-state index is 0.0563. The second-order valence-corrected chi connectivity index (χ2v) is 8.94. The Kier molecular flexibility index (Phi) is 7.07. The molecule has 4 aromatic rings. The third-order valence-corrected chi connectivity index (χ3v) is 6.41. The lowest BCUT2D eigenvalue weighted by Crippen LogP contribution is -2.11. The molecular weight excluding hydrogens is 456 g/mol. The van der Waals surface area contributed by atoms with E-state index in [1.54, 1.807) is 25.4 Å². The van der Waals surface area contributed by atoms with E-state index in [9.17, 15) is 14.3 Å². The zero-order valence-electron chi connectivity index (χ0n) is 20.2. The molecule has 0 saturated heterocycles. The van der Waals surface area contributed by atoms with E-state index in [0.717, 1.165) is 11.3 Å². The highest BCUT2D eigenvalue weighted by atomic mass is 19.1. The van der Waals surface area contributed by atoms with Gasteiger partial charge in [-0.3, -0.25) is 9.89 Å². The molecular formula is C26H29F2N3O4. The normalized spacial score (nSPS) is 12.7. The van der Waals surface area contributed by atoms with Crippen LogP contribution in [0.5, 0.6) is 5.75 Å². The average Bonchev–Trinajstić information content (AvgIpc) is 3.43. The number of hydrogen-bond donors (Lipinski definition) is 2. The number of carboxylic acids is 1. The SMILES string of the molecule is COCC[C@H](CCC(=O)O)c1c(C(C)C)n(-c2ccc(F)c(OC)c2)c2cc3cn[nH]c3c(F)c12. The number of aromatic amines is 1. The molecule has 35 heavy (non-hydrogen) atoms. The summed E-state index contributed by atoms with van der Waals surface area (Å²) in [6, 6.07) is 6.39. The fraction of sp³-hybridized carbons (Fsp3) is 0.385. The van der Waals surface area contributed by atoms with Crippen LogP contribution in [-0.2, 0) is 9.53 Å². The van der Waals surface area contributed by atoms with Crippen LogP contribution in [-0.4, -0.2) is 46.7 Å². The average molecular weight is 486 g/mol. The molecule has 0 amide bonds. The van der Waals surface area contributed by atoms with Gasteiger partial charge in [-0.2, -0.15) is 5.10 Å². The van der Waals surface area contributed by atoms with E-state index in [2.05, 4.69) is 10.2 Å². The van der Waals surface area contributed by atoms with E-state index < -0.39 is 17.6 Å². The number of hydrogen-bond acceptors (Lipinski definition) is 4. The van der Waals surface area contributed by atoms with Crippen molar-refractivity contribution in [2.24, 2.45) is 0 Å². The van der Waals surface area contributed by atoms with Crippen LogP contribution in [0.3, 0.4) is 0 Å². The highest BCUT2D eigenvalue weighted by Crippen LogP contribution is 2.44. The molecule has 0 radical (unpaired) electrons. The zero-order valence-corrected chi connectivity index (χ0v) is 20.2. The first-order chi connectivity index (χ1) is 16.8. The maximum atomic E-state index is 16.1. The van der Waals surface area contributed by atoms with Gasteiger partial charge in [-0.15, -0.1) is 0 Å². The number of nitrogens with one attached hydrogen (secondary N) is 1. The molecule has 0 saturated carbocycles. The predicted octanol–water partition coefficient (Wildman–Crippen LogP) is 5.90. The van der Waals surface area contributed by atoms with Gasteiger partial charge in [0.25, 0.3) is 0 Å². The van der Waals surface area contributed by atoms with Crippen molar-refractivity contribution in [2.75, 3.05) is 20.8 Å². The zero-order chi connectivity index (χ0) is 25.3. The molecule has 1 atom stereocenters. The fourth-order valence-electron chi connectivity index (χ4n) is 4.89. The van der Waals surface area contributed by atoms with Gasteiger partial charge >= 0.3 is 5.97 Å². The Morgan fingerprint density at radius 2 is 1.97 bits per heavy atom. The standard InChI is InChI=1S/C26H29F2N3O4/c1-14(2)26-22(15(9-10-34-3)5-8-21(32)33)23-19(11-16-13-29-30-25(16)24(23)28)31(26)17-6-7-18(27)20(12-17)35-4/h6-7,11-15H,5,8-10H2,1-4H3,(H,29,30)(H,32,33)/t15-/m0/s1. The number of aromatic nitrogens is 3. The van der Waals surface area contributed by atoms with Crippen LogP contribution in [0.4, 0.5) is 8.78 Å². The first-order valence-electron chi connectivity index (χ1n) is 11.5. The van der Waals surface area contributed by atoms with Crippen LogP contribution in [0.2, 0.25) is 0 Å². The minimum Gasteiger partial charge on any atom is -0.494 e. The van der Waals surface area contributed by atoms with Gasteiger partial charge in [-0.25, -0.2) is 8.78 Å². The van der Waals surface area contributed by atoms with Crippen LogP contribution in [0.1, 0.15) is 56.2 Å². The van der Waals surface area contributed by atoms with Crippen LogP contribution >= 0.6 is 0 Å². The van der Waals surface area contributed by atoms with Gasteiger partial charge in [0.2, 0.25) is 0 Å². The van der Waals surface area contributed by atoms with Gasteiger partial charge < -0.3 is 19.1 Å². The molecule has 0 bridgehead atoms. The maximum Gasteiger partial charge on any atom is 0.303 e. The van der Waals surface area contributed by atoms with Crippen molar-refractivity contribution in [3.05, 3.63) is 53.4 Å². The summed E-state index contributed by atoms with van der Waals surface area (Å²) in [5, 5.41) is 17.1. The van der Waals surface area contributed by atoms with Crippen molar-refractivity contribution < 1.29 is 28.2 Å². The Hall–Kier alpha value is -3.46. The third-order valence-electron chi connectivity index (χ3n) is 6.41. The van der Waals surface area contributed by atoms with Crippen LogP contribution < -0.4 is 4.74 Å². The van der Waals surface area contributed by atoms with Gasteiger partial charge in [-0.05, 0) is 48.4 Å². The van der Waals surface area contributed by atoms with E-state index in [1.165, 1.54) is 13.2 Å². The number of halogens is 2. The summed E-state index contributed by atoms with van der Waals surface area (Å²) in [4.78, 5) is 11.5. The van der Waals surface area contributed by atoms with Crippen molar-refractivity contribution >= 4 is 27.8 Å². The number of H-pyrrole nitrogens is 1. The molecule has 9 heteroatoms. The summed E-state index contributed by atoms with van der Waals surface area (Å²) in [7, 11) is 2.98. The Balaban J connectivity index is 2.11. The van der Waals surface area contributed by atoms with Crippen molar-refractivity contribution in [1.82, 2.24) is 14.8 Å². The summed E-state index contributed by atoms with van der Waals surface area (Å²) in [5.74, 6) is -2.11. The molecule has 0 aliphatic rings. The lowest BCUT2D eigenvalue weighted by atomic mass is 9.86. The molecule has 4 rings (SSSR count). The van der Waals surface area contributed by atoms with Gasteiger partial charge in [0.05, 0.1) is 18.8 Å². The number of ether oxygens (including phenoxy) is 2. The quantitative estimate of drug-likeness (QED) is 0.292. The summed E-state index contributed by atoms with van der Waals surface area (Å²) in [6.07, 6.45) is 2.35. The molecule has 0 spiro atoms. The Morgan fingerprint density at radius 3 is 2.63 bits per heavy atom. The molecule has 186 valence electrons. The number of fused-ring (bicyclic) bond motifs is 2. The second kappa shape index (κ2) is 10.0. The number of benzene rings is 2. The molecule has 7 nitrogen and oxygen atoms in total. The number of carboxylic acid groups (broad SMARTS) is 1. The van der Waals surface area contributed by atoms with Gasteiger partial charge in [0.1, 0.15) is 5.52 Å². The second-order valence-electron chi connectivity index (χ2n) is 8.94. The van der Waals surface area contributed by atoms with E-state index in [4.69, 9.17) is 9.47 Å². The molecule has 0 aliphatic carbocycles. The molecule has 2 aromatic carbocycles. The molecule has 0 fully saturated rings. The summed E-state index contributed by atoms with van der Waals surface area (Å²) < 4.78 is 42.8. The van der Waals surface area contributed by atoms with E-state index in [0.29, 0.717) is 41.4 Å². The number of aliphatic carboxylic acids is 1. The number of nitrogens with zero attached hydrogens (tertiary/aromatic N) is 2. The molecule has 0 aliphatic heterocycles. The first-order valence-corrected chi connectivity index (χ1v) is 11.5. The highest BCUT2D eigenvalue weighted by molar-refractivity contribution is 5.99. The first kappa shape index (κ1) is 24.7. The monoisotopic (exact) mass is 485 g/mol. The van der Waals surface area contributed by atoms with Gasteiger partial charge in [-0.1, -0.05) is 13.8 Å². The van der Waals surface area contributed by atoms with Crippen LogP contribution in [0, 0.1) is 11.6 Å². The molecule has 2 aromatic heterocycles. The largest absolute Gasteiger partial charge is 0.494 e. The maximum absolute atomic E-state index is 16.1. The lowest BCUT2D eigenvalue weighted by Gasteiger charge is -2.21. The van der Waals surface area contributed by atoms with Crippen molar-refractivity contribution in [1.29, 1.82) is 0 Å². The number of rotatable bonds is 10.